The summed E-state index contributed by atoms with van der Waals surface area (Å²) in [5.41, 5.74) is -1.24. The number of hydrogen-bond acceptors (Lipinski definition) is 3. The van der Waals surface area contributed by atoms with Crippen molar-refractivity contribution in [2.24, 2.45) is 0 Å². The lowest BCUT2D eigenvalue weighted by atomic mass is 10.2. The molecule has 0 bridgehead atoms. The molecule has 1 amide bonds. The summed E-state index contributed by atoms with van der Waals surface area (Å²) in [6, 6.07) is 2.41. The minimum Gasteiger partial charge on any atom is -0.349 e. The monoisotopic (exact) mass is 318 g/mol. The molecule has 0 saturated carbocycles. The normalized spacial score (nSPS) is 11.4. The van der Waals surface area contributed by atoms with Crippen LogP contribution in [0.15, 0.2) is 30.7 Å². The average molecular weight is 319 g/mol. The van der Waals surface area contributed by atoms with Gasteiger partial charge < -0.3 is 5.32 Å². The molecule has 2 heterocycles. The maximum Gasteiger partial charge on any atom is 0.417 e. The number of carbonyl (C=O) groups excluding carboxylic acids is 1. The van der Waals surface area contributed by atoms with Crippen LogP contribution in [-0.2, 0) is 12.7 Å². The van der Waals surface area contributed by atoms with Gasteiger partial charge >= 0.3 is 6.18 Å². The highest BCUT2D eigenvalue weighted by atomic mass is 35.5. The Balaban J connectivity index is 1.99. The molecule has 0 aliphatic heterocycles. The molecule has 112 valence electrons. The standard InChI is InChI=1S/C12H10ClF3N4O/c13-9-6-8(12(14,15)16)7-18-10(9)11(21)17-3-5-20-4-1-2-19-20/h1-2,4,6-7H,3,5H2,(H,17,21). The van der Waals surface area contributed by atoms with Crippen molar-refractivity contribution < 1.29 is 18.0 Å². The zero-order chi connectivity index (χ0) is 15.5. The van der Waals surface area contributed by atoms with Crippen molar-refractivity contribution in [3.05, 3.63) is 47.0 Å². The number of hydrogen-bond donors (Lipinski definition) is 1. The molecule has 0 saturated heterocycles. The largest absolute Gasteiger partial charge is 0.417 e. The van der Waals surface area contributed by atoms with Crippen LogP contribution in [0.1, 0.15) is 16.1 Å². The van der Waals surface area contributed by atoms with E-state index in [0.717, 1.165) is 0 Å². The molecule has 0 aliphatic carbocycles. The summed E-state index contributed by atoms with van der Waals surface area (Å²) >= 11 is 5.67. The Labute approximate surface area is 122 Å². The van der Waals surface area contributed by atoms with E-state index in [-0.39, 0.29) is 17.3 Å². The van der Waals surface area contributed by atoms with Crippen LogP contribution in [0.4, 0.5) is 13.2 Å². The predicted molar refractivity (Wildman–Crippen MR) is 68.8 cm³/mol. The minimum atomic E-state index is -4.55. The lowest BCUT2D eigenvalue weighted by Gasteiger charge is -2.09. The third-order valence-electron chi connectivity index (χ3n) is 2.57. The fourth-order valence-corrected chi connectivity index (χ4v) is 1.81. The van der Waals surface area contributed by atoms with Crippen molar-refractivity contribution in [1.29, 1.82) is 0 Å². The molecular weight excluding hydrogens is 309 g/mol. The van der Waals surface area contributed by atoms with Crippen LogP contribution in [0.5, 0.6) is 0 Å². The van der Waals surface area contributed by atoms with E-state index in [1.165, 1.54) is 0 Å². The van der Waals surface area contributed by atoms with Gasteiger partial charge in [0.05, 0.1) is 17.1 Å². The Morgan fingerprint density at radius 3 is 2.76 bits per heavy atom. The maximum absolute atomic E-state index is 12.5. The first-order valence-corrected chi connectivity index (χ1v) is 6.24. The Kier molecular flexibility index (Phi) is 4.46. The molecule has 21 heavy (non-hydrogen) atoms. The van der Waals surface area contributed by atoms with Gasteiger partial charge in [0.25, 0.3) is 5.91 Å². The average Bonchev–Trinajstić information content (AvgIpc) is 2.90. The number of nitrogens with zero attached hydrogens (tertiary/aromatic N) is 3. The molecule has 0 aromatic carbocycles. The van der Waals surface area contributed by atoms with Crippen LogP contribution in [-0.4, -0.2) is 27.2 Å². The number of pyridine rings is 1. The number of halogens is 4. The SMILES string of the molecule is O=C(NCCn1cccn1)c1ncc(C(F)(F)F)cc1Cl. The summed E-state index contributed by atoms with van der Waals surface area (Å²) in [6.07, 6.45) is -0.661. The first-order valence-electron chi connectivity index (χ1n) is 5.86. The van der Waals surface area contributed by atoms with E-state index in [4.69, 9.17) is 11.6 Å². The second kappa shape index (κ2) is 6.13. The van der Waals surface area contributed by atoms with E-state index in [2.05, 4.69) is 15.4 Å². The maximum atomic E-state index is 12.5. The Hall–Kier alpha value is -2.09. The van der Waals surface area contributed by atoms with Crippen molar-refractivity contribution in [1.82, 2.24) is 20.1 Å². The van der Waals surface area contributed by atoms with Gasteiger partial charge in [0.2, 0.25) is 0 Å². The topological polar surface area (TPSA) is 59.8 Å². The van der Waals surface area contributed by atoms with Gasteiger partial charge in [-0.25, -0.2) is 4.98 Å². The summed E-state index contributed by atoms with van der Waals surface area (Å²) in [5.74, 6) is -0.638. The molecule has 2 aromatic rings. The first-order chi connectivity index (χ1) is 9.88. The van der Waals surface area contributed by atoms with Crippen molar-refractivity contribution in [2.75, 3.05) is 6.54 Å². The minimum absolute atomic E-state index is 0.245. The summed E-state index contributed by atoms with van der Waals surface area (Å²) in [4.78, 5) is 15.3. The lowest BCUT2D eigenvalue weighted by molar-refractivity contribution is -0.137. The smallest absolute Gasteiger partial charge is 0.349 e. The number of amides is 1. The van der Waals surface area contributed by atoms with Crippen molar-refractivity contribution >= 4 is 17.5 Å². The quantitative estimate of drug-likeness (QED) is 0.941. The molecule has 0 radical (unpaired) electrons. The molecular formula is C12H10ClF3N4O. The lowest BCUT2D eigenvalue weighted by Crippen LogP contribution is -2.28. The number of aromatic nitrogens is 3. The van der Waals surface area contributed by atoms with Gasteiger partial charge in [0.15, 0.2) is 0 Å². The van der Waals surface area contributed by atoms with E-state index in [9.17, 15) is 18.0 Å². The molecule has 0 atom stereocenters. The molecule has 5 nitrogen and oxygen atoms in total. The van der Waals surface area contributed by atoms with Crippen molar-refractivity contribution in [3.8, 4) is 0 Å². The van der Waals surface area contributed by atoms with Crippen molar-refractivity contribution in [2.45, 2.75) is 12.7 Å². The van der Waals surface area contributed by atoms with Crippen molar-refractivity contribution in [3.63, 3.8) is 0 Å². The van der Waals surface area contributed by atoms with Crippen LogP contribution in [0.2, 0.25) is 5.02 Å². The summed E-state index contributed by atoms with van der Waals surface area (Å²) in [5, 5.41) is 6.10. The van der Waals surface area contributed by atoms with Crippen LogP contribution >= 0.6 is 11.6 Å². The number of nitrogens with one attached hydrogen (secondary N) is 1. The van der Waals surface area contributed by atoms with Crippen LogP contribution < -0.4 is 5.32 Å². The van der Waals surface area contributed by atoms with Gasteiger partial charge in [-0.1, -0.05) is 11.6 Å². The van der Waals surface area contributed by atoms with E-state index < -0.39 is 17.6 Å². The highest BCUT2D eigenvalue weighted by molar-refractivity contribution is 6.33. The van der Waals surface area contributed by atoms with E-state index >= 15 is 0 Å². The van der Waals surface area contributed by atoms with Crippen LogP contribution in [0.3, 0.4) is 0 Å². The molecule has 0 fully saturated rings. The summed E-state index contributed by atoms with van der Waals surface area (Å²) in [6.45, 7) is 0.677. The van der Waals surface area contributed by atoms with E-state index in [0.29, 0.717) is 18.8 Å². The Bertz CT molecular complexity index is 628. The molecule has 0 spiro atoms. The summed E-state index contributed by atoms with van der Waals surface area (Å²) < 4.78 is 39.0. The molecule has 0 unspecified atom stereocenters. The van der Waals surface area contributed by atoms with Gasteiger partial charge in [-0.15, -0.1) is 0 Å². The first kappa shape index (κ1) is 15.3. The second-order valence-corrected chi connectivity index (χ2v) is 4.48. The Morgan fingerprint density at radius 1 is 1.43 bits per heavy atom. The summed E-state index contributed by atoms with van der Waals surface area (Å²) in [7, 11) is 0. The van der Waals surface area contributed by atoms with Gasteiger partial charge in [-0.2, -0.15) is 18.3 Å². The third kappa shape index (κ3) is 3.94. The second-order valence-electron chi connectivity index (χ2n) is 4.08. The van der Waals surface area contributed by atoms with Gasteiger partial charge in [0.1, 0.15) is 5.69 Å². The number of alkyl halides is 3. The number of carbonyl (C=O) groups is 1. The fraction of sp³-hybridized carbons (Fsp3) is 0.250. The van der Waals surface area contributed by atoms with Gasteiger partial charge in [-0.05, 0) is 12.1 Å². The zero-order valence-corrected chi connectivity index (χ0v) is 11.3. The number of rotatable bonds is 4. The molecule has 2 rings (SSSR count). The molecule has 1 N–H and O–H groups in total. The fourth-order valence-electron chi connectivity index (χ4n) is 1.56. The predicted octanol–water partition coefficient (Wildman–Crippen LogP) is 2.38. The highest BCUT2D eigenvalue weighted by Gasteiger charge is 2.32. The third-order valence-corrected chi connectivity index (χ3v) is 2.86. The highest BCUT2D eigenvalue weighted by Crippen LogP contribution is 2.30. The molecule has 0 aliphatic rings. The zero-order valence-electron chi connectivity index (χ0n) is 10.6. The van der Waals surface area contributed by atoms with Crippen LogP contribution in [0.25, 0.3) is 0 Å². The Morgan fingerprint density at radius 2 is 2.19 bits per heavy atom. The van der Waals surface area contributed by atoms with E-state index in [1.807, 2.05) is 0 Å². The molecule has 2 aromatic heterocycles. The van der Waals surface area contributed by atoms with Gasteiger partial charge in [0, 0.05) is 25.1 Å². The van der Waals surface area contributed by atoms with E-state index in [1.54, 1.807) is 23.1 Å². The van der Waals surface area contributed by atoms with Crippen LogP contribution in [0, 0.1) is 0 Å². The van der Waals surface area contributed by atoms with Gasteiger partial charge in [-0.3, -0.25) is 9.48 Å². The molecule has 9 heteroatoms.